The van der Waals surface area contributed by atoms with E-state index in [1.54, 1.807) is 0 Å². The van der Waals surface area contributed by atoms with E-state index in [1.807, 2.05) is 11.9 Å². The summed E-state index contributed by atoms with van der Waals surface area (Å²) in [6.45, 7) is 3.54. The Morgan fingerprint density at radius 3 is 2.95 bits per heavy atom. The van der Waals surface area contributed by atoms with Crippen molar-refractivity contribution in [2.24, 2.45) is 11.3 Å². The Kier molecular flexibility index (Phi) is 4.32. The second kappa shape index (κ2) is 6.02. The lowest BCUT2D eigenvalue weighted by molar-refractivity contribution is -0.146. The average Bonchev–Trinajstić information content (AvgIpc) is 2.92. The lowest BCUT2D eigenvalue weighted by Crippen LogP contribution is -2.50. The van der Waals surface area contributed by atoms with Crippen molar-refractivity contribution in [3.8, 4) is 0 Å². The summed E-state index contributed by atoms with van der Waals surface area (Å²) in [5.41, 5.74) is -0.109. The Morgan fingerprint density at radius 2 is 2.15 bits per heavy atom. The van der Waals surface area contributed by atoms with Crippen LogP contribution < -0.4 is 5.32 Å². The van der Waals surface area contributed by atoms with Gasteiger partial charge in [-0.05, 0) is 44.6 Å². The van der Waals surface area contributed by atoms with Gasteiger partial charge in [0, 0.05) is 26.7 Å². The van der Waals surface area contributed by atoms with Gasteiger partial charge in [-0.15, -0.1) is 0 Å². The third-order valence-corrected chi connectivity index (χ3v) is 5.56. The molecule has 0 aromatic heterocycles. The number of fused-ring (bicyclic) bond motifs is 1. The van der Waals surface area contributed by atoms with Gasteiger partial charge >= 0.3 is 0 Å². The maximum Gasteiger partial charge on any atom is 0.230 e. The number of likely N-dealkylation sites (N-methyl/N-ethyl adjacent to an activating group) is 1. The van der Waals surface area contributed by atoms with Crippen molar-refractivity contribution in [1.82, 2.24) is 10.2 Å². The van der Waals surface area contributed by atoms with Gasteiger partial charge in [0.1, 0.15) is 0 Å². The average molecular weight is 280 g/mol. The zero-order valence-corrected chi connectivity index (χ0v) is 12.7. The number of hydrogen-bond donors (Lipinski definition) is 1. The number of carbonyl (C=O) groups is 1. The second-order valence-corrected chi connectivity index (χ2v) is 6.90. The zero-order valence-electron chi connectivity index (χ0n) is 12.7. The normalized spacial score (nSPS) is 37.5. The summed E-state index contributed by atoms with van der Waals surface area (Å²) in [6, 6.07) is 0. The molecule has 0 aromatic carbocycles. The molecule has 0 radical (unpaired) electrons. The highest BCUT2D eigenvalue weighted by Gasteiger charge is 2.50. The molecule has 114 valence electrons. The third-order valence-electron chi connectivity index (χ3n) is 5.56. The molecule has 3 fully saturated rings. The van der Waals surface area contributed by atoms with Crippen LogP contribution in [0.15, 0.2) is 0 Å². The number of amides is 1. The molecule has 0 aromatic rings. The van der Waals surface area contributed by atoms with Crippen LogP contribution in [0.4, 0.5) is 0 Å². The molecule has 2 saturated heterocycles. The number of nitrogens with zero attached hydrogens (tertiary/aromatic N) is 1. The monoisotopic (exact) mass is 280 g/mol. The summed E-state index contributed by atoms with van der Waals surface area (Å²) in [5, 5.41) is 3.47. The molecule has 3 rings (SSSR count). The molecule has 1 N–H and O–H groups in total. The summed E-state index contributed by atoms with van der Waals surface area (Å²) in [6.07, 6.45) is 8.55. The lowest BCUT2D eigenvalue weighted by atomic mass is 9.67. The first kappa shape index (κ1) is 14.3. The molecule has 20 heavy (non-hydrogen) atoms. The molecule has 0 bridgehead atoms. The maximum atomic E-state index is 13.0. The molecule has 4 nitrogen and oxygen atoms in total. The van der Waals surface area contributed by atoms with Gasteiger partial charge in [0.25, 0.3) is 0 Å². The minimum absolute atomic E-state index is 0.109. The first-order chi connectivity index (χ1) is 9.72. The molecular weight excluding hydrogens is 252 g/mol. The van der Waals surface area contributed by atoms with E-state index in [9.17, 15) is 4.79 Å². The lowest BCUT2D eigenvalue weighted by Gasteiger charge is -2.40. The van der Waals surface area contributed by atoms with Crippen LogP contribution >= 0.6 is 0 Å². The van der Waals surface area contributed by atoms with Crippen molar-refractivity contribution >= 4 is 5.91 Å². The Labute approximate surface area is 122 Å². The summed E-state index contributed by atoms with van der Waals surface area (Å²) >= 11 is 0. The largest absolute Gasteiger partial charge is 0.376 e. The number of rotatable bonds is 3. The van der Waals surface area contributed by atoms with E-state index in [-0.39, 0.29) is 11.5 Å². The van der Waals surface area contributed by atoms with Crippen LogP contribution in [-0.2, 0) is 9.53 Å². The van der Waals surface area contributed by atoms with Gasteiger partial charge in [-0.2, -0.15) is 0 Å². The van der Waals surface area contributed by atoms with E-state index in [1.165, 1.54) is 32.1 Å². The summed E-state index contributed by atoms with van der Waals surface area (Å²) in [5.74, 6) is 0.917. The molecule has 3 aliphatic rings. The van der Waals surface area contributed by atoms with Crippen molar-refractivity contribution in [1.29, 1.82) is 0 Å². The molecule has 4 heteroatoms. The van der Waals surface area contributed by atoms with Crippen molar-refractivity contribution in [3.63, 3.8) is 0 Å². The van der Waals surface area contributed by atoms with E-state index in [2.05, 4.69) is 5.32 Å². The fourth-order valence-electron chi connectivity index (χ4n) is 4.39. The molecule has 2 aliphatic heterocycles. The van der Waals surface area contributed by atoms with Gasteiger partial charge in [-0.3, -0.25) is 4.79 Å². The maximum absolute atomic E-state index is 13.0. The van der Waals surface area contributed by atoms with E-state index in [4.69, 9.17) is 4.74 Å². The first-order valence-electron chi connectivity index (χ1n) is 8.30. The zero-order chi connectivity index (χ0) is 14.0. The molecule has 1 amide bonds. The predicted octanol–water partition coefficient (Wildman–Crippen LogP) is 1.79. The smallest absolute Gasteiger partial charge is 0.230 e. The topological polar surface area (TPSA) is 41.6 Å². The van der Waals surface area contributed by atoms with Crippen molar-refractivity contribution in [3.05, 3.63) is 0 Å². The van der Waals surface area contributed by atoms with Crippen LogP contribution in [0.3, 0.4) is 0 Å². The minimum Gasteiger partial charge on any atom is -0.376 e. The Morgan fingerprint density at radius 1 is 1.30 bits per heavy atom. The standard InChI is InChI=1S/C16H28N2O2/c1-18(11-14-7-3-5-9-20-14)15(19)16-8-4-2-6-13(16)10-17-12-16/h13-14,17H,2-12H2,1H3/t13-,14?,16+/m0/s1. The van der Waals surface area contributed by atoms with E-state index < -0.39 is 0 Å². The van der Waals surface area contributed by atoms with Crippen molar-refractivity contribution in [2.75, 3.05) is 33.3 Å². The highest BCUT2D eigenvalue weighted by Crippen LogP contribution is 2.44. The third kappa shape index (κ3) is 2.60. The molecule has 1 saturated carbocycles. The SMILES string of the molecule is CN(CC1CCCCO1)C(=O)[C@@]12CCCC[C@H]1CNC2. The van der Waals surface area contributed by atoms with E-state index >= 15 is 0 Å². The highest BCUT2D eigenvalue weighted by molar-refractivity contribution is 5.83. The summed E-state index contributed by atoms with van der Waals surface area (Å²) in [4.78, 5) is 15.0. The van der Waals surface area contributed by atoms with E-state index in [0.29, 0.717) is 11.8 Å². The van der Waals surface area contributed by atoms with Crippen LogP contribution in [0.1, 0.15) is 44.9 Å². The Bertz CT molecular complexity index is 354. The Hall–Kier alpha value is -0.610. The fourth-order valence-corrected chi connectivity index (χ4v) is 4.39. The van der Waals surface area contributed by atoms with Crippen LogP contribution in [0, 0.1) is 11.3 Å². The van der Waals surface area contributed by atoms with Gasteiger partial charge in [0.05, 0.1) is 11.5 Å². The number of carbonyl (C=O) groups excluding carboxylic acids is 1. The van der Waals surface area contributed by atoms with Crippen molar-refractivity contribution < 1.29 is 9.53 Å². The fraction of sp³-hybridized carbons (Fsp3) is 0.938. The van der Waals surface area contributed by atoms with Gasteiger partial charge in [-0.1, -0.05) is 12.8 Å². The van der Waals surface area contributed by atoms with Gasteiger partial charge in [0.15, 0.2) is 0 Å². The van der Waals surface area contributed by atoms with Crippen molar-refractivity contribution in [2.45, 2.75) is 51.0 Å². The van der Waals surface area contributed by atoms with Crippen LogP contribution in [-0.4, -0.2) is 50.2 Å². The molecule has 0 spiro atoms. The molecule has 3 atom stereocenters. The van der Waals surface area contributed by atoms with E-state index in [0.717, 1.165) is 39.1 Å². The molecule has 1 aliphatic carbocycles. The molecular formula is C16H28N2O2. The molecule has 1 unspecified atom stereocenters. The second-order valence-electron chi connectivity index (χ2n) is 6.90. The number of hydrogen-bond acceptors (Lipinski definition) is 3. The van der Waals surface area contributed by atoms with Crippen LogP contribution in [0.25, 0.3) is 0 Å². The summed E-state index contributed by atoms with van der Waals surface area (Å²) in [7, 11) is 1.97. The number of ether oxygens (including phenoxy) is 1. The van der Waals surface area contributed by atoms with Gasteiger partial charge in [0.2, 0.25) is 5.91 Å². The number of nitrogens with one attached hydrogen (secondary N) is 1. The molecule has 2 heterocycles. The predicted molar refractivity (Wildman–Crippen MR) is 78.5 cm³/mol. The van der Waals surface area contributed by atoms with Crippen LogP contribution in [0.2, 0.25) is 0 Å². The van der Waals surface area contributed by atoms with Gasteiger partial charge in [-0.25, -0.2) is 0 Å². The van der Waals surface area contributed by atoms with Gasteiger partial charge < -0.3 is 15.0 Å². The Balaban J connectivity index is 1.64. The highest BCUT2D eigenvalue weighted by atomic mass is 16.5. The first-order valence-corrected chi connectivity index (χ1v) is 8.30. The summed E-state index contributed by atoms with van der Waals surface area (Å²) < 4.78 is 5.79. The minimum atomic E-state index is -0.109. The van der Waals surface area contributed by atoms with Crippen LogP contribution in [0.5, 0.6) is 0 Å². The quantitative estimate of drug-likeness (QED) is 0.857.